The van der Waals surface area contributed by atoms with Gasteiger partial charge in [0.25, 0.3) is 0 Å². The van der Waals surface area contributed by atoms with E-state index in [2.05, 4.69) is 13.8 Å². The van der Waals surface area contributed by atoms with Gasteiger partial charge in [0.15, 0.2) is 0 Å². The number of carbonyl (C=O) groups excluding carboxylic acids is 1. The molecule has 8 heteroatoms. The van der Waals surface area contributed by atoms with Gasteiger partial charge in [0.2, 0.25) is 5.91 Å². The van der Waals surface area contributed by atoms with E-state index < -0.39 is 11.7 Å². The molecule has 0 saturated carbocycles. The summed E-state index contributed by atoms with van der Waals surface area (Å²) in [5.41, 5.74) is 2.61. The van der Waals surface area contributed by atoms with E-state index in [0.717, 1.165) is 23.3 Å². The predicted octanol–water partition coefficient (Wildman–Crippen LogP) is 6.57. The standard InChI is InChI=1S/C16H20FNO.C10H10F3.2U/c1-10-7-14(17)5-6-15(10)12(3)16-9-18(13(4)19)8-11(16)2;1-3-8-4-7(2)5-9(6-8)10(11,12)13;;/h5-7,11-12,16H,2-3,8-9H2,1,4H3;3-6H,1-2H3;;/q-2;-1;;+2/t11-,12+,16-;;;/m1.../s1. The fraction of sp³-hybridized carbons (Fsp3) is 0.385. The van der Waals surface area contributed by atoms with Crippen LogP contribution in [0.1, 0.15) is 47.6 Å². The van der Waals surface area contributed by atoms with Crippen molar-refractivity contribution in [3.05, 3.63) is 90.3 Å². The van der Waals surface area contributed by atoms with E-state index in [0.29, 0.717) is 24.2 Å². The first-order valence-electron chi connectivity index (χ1n) is 10.5. The molecular weight excluding hydrogens is 894 g/mol. The van der Waals surface area contributed by atoms with Gasteiger partial charge in [-0.1, -0.05) is 37.5 Å². The molecule has 1 saturated heterocycles. The van der Waals surface area contributed by atoms with Crippen LogP contribution < -0.4 is 0 Å². The molecule has 1 fully saturated rings. The average molecular weight is 925 g/mol. The van der Waals surface area contributed by atoms with Gasteiger partial charge in [0.1, 0.15) is 5.82 Å². The summed E-state index contributed by atoms with van der Waals surface area (Å²) in [6.45, 7) is 16.6. The van der Waals surface area contributed by atoms with E-state index in [-0.39, 0.29) is 91.7 Å². The SMILES string of the molecule is C[CH-]c1cc(C)cc(C(F)(F)F)c1.[CH2-][C@@H]1CN(C(C)=O)C[C@H]1[C@@H]([CH2-])c1ccc(F)cc1C.[U+2].[U]. The number of halogens is 4. The fourth-order valence-electron chi connectivity index (χ4n) is 4.04. The Morgan fingerprint density at radius 2 is 1.76 bits per heavy atom. The number of amides is 1. The third kappa shape index (κ3) is 9.24. The number of hydrogen-bond acceptors (Lipinski definition) is 1. The van der Waals surface area contributed by atoms with Crippen molar-refractivity contribution in [2.75, 3.05) is 13.1 Å². The van der Waals surface area contributed by atoms with Gasteiger partial charge >= 0.3 is 37.3 Å². The first-order valence-corrected chi connectivity index (χ1v) is 10.5. The number of hydrogen-bond donors (Lipinski definition) is 0. The van der Waals surface area contributed by atoms with E-state index in [9.17, 15) is 22.4 Å². The Bertz CT molecular complexity index is 949. The number of carbonyl (C=O) groups is 1. The van der Waals surface area contributed by atoms with Crippen LogP contribution in [0.4, 0.5) is 17.6 Å². The van der Waals surface area contributed by atoms with Crippen LogP contribution in [0.25, 0.3) is 0 Å². The molecule has 1 amide bonds. The summed E-state index contributed by atoms with van der Waals surface area (Å²) >= 11 is 0. The Labute approximate surface area is 248 Å². The third-order valence-corrected chi connectivity index (χ3v) is 5.85. The van der Waals surface area contributed by atoms with Gasteiger partial charge in [-0.2, -0.15) is 37.3 Å². The molecule has 34 heavy (non-hydrogen) atoms. The average Bonchev–Trinajstić information content (AvgIpc) is 3.09. The van der Waals surface area contributed by atoms with Crippen LogP contribution >= 0.6 is 0 Å². The second kappa shape index (κ2) is 14.4. The van der Waals surface area contributed by atoms with Gasteiger partial charge in [-0.05, 0) is 36.7 Å². The molecule has 0 bridgehead atoms. The Morgan fingerprint density at radius 1 is 1.15 bits per heavy atom. The number of alkyl halides is 3. The third-order valence-electron chi connectivity index (χ3n) is 5.85. The van der Waals surface area contributed by atoms with Gasteiger partial charge in [-0.3, -0.25) is 4.79 Å². The van der Waals surface area contributed by atoms with Gasteiger partial charge < -0.3 is 18.7 Å². The van der Waals surface area contributed by atoms with E-state index in [1.165, 1.54) is 12.1 Å². The fourth-order valence-corrected chi connectivity index (χ4v) is 4.04. The summed E-state index contributed by atoms with van der Waals surface area (Å²) in [4.78, 5) is 13.3. The molecule has 3 atom stereocenters. The van der Waals surface area contributed by atoms with Crippen molar-refractivity contribution >= 4 is 5.91 Å². The number of aryl methyl sites for hydroxylation is 2. The summed E-state index contributed by atoms with van der Waals surface area (Å²) in [6.07, 6.45) is -2.59. The zero-order valence-electron chi connectivity index (χ0n) is 20.0. The minimum Gasteiger partial charge on any atom is -0.345 e. The van der Waals surface area contributed by atoms with Crippen LogP contribution in [0, 0.1) is 114 Å². The van der Waals surface area contributed by atoms with Crippen molar-refractivity contribution in [1.82, 2.24) is 4.90 Å². The number of rotatable bonds is 3. The van der Waals surface area contributed by atoms with E-state index >= 15 is 0 Å². The Kier molecular flexibility index (Phi) is 14.2. The molecule has 0 unspecified atom stereocenters. The Hall–Kier alpha value is -0.396. The Morgan fingerprint density at radius 3 is 2.24 bits per heavy atom. The summed E-state index contributed by atoms with van der Waals surface area (Å²) in [6, 6.07) is 8.81. The number of benzene rings is 2. The zero-order chi connectivity index (χ0) is 24.2. The van der Waals surface area contributed by atoms with Crippen molar-refractivity contribution in [3.63, 3.8) is 0 Å². The maximum atomic E-state index is 13.1. The molecule has 2 aromatic carbocycles. The monoisotopic (exact) mass is 924 g/mol. The molecule has 3 rings (SSSR count). The molecule has 0 radical (unpaired) electrons. The summed E-state index contributed by atoms with van der Waals surface area (Å²) in [5.74, 6) is 0.298. The van der Waals surface area contributed by atoms with Crippen LogP contribution in [0.5, 0.6) is 0 Å². The van der Waals surface area contributed by atoms with Crippen LogP contribution in [0.15, 0.2) is 36.4 Å². The minimum absolute atomic E-state index is 0. The summed E-state index contributed by atoms with van der Waals surface area (Å²) in [5, 5.41) is 0. The van der Waals surface area contributed by atoms with Crippen molar-refractivity contribution in [1.29, 1.82) is 0 Å². The maximum absolute atomic E-state index is 13.1. The number of nitrogens with zero attached hydrogens (tertiary/aromatic N) is 1. The van der Waals surface area contributed by atoms with E-state index in [1.54, 1.807) is 39.3 Å². The molecule has 1 aliphatic rings. The normalized spacial score (nSPS) is 18.1. The molecule has 0 aliphatic carbocycles. The smallest absolute Gasteiger partial charge is 0.345 e. The van der Waals surface area contributed by atoms with Crippen molar-refractivity contribution in [2.24, 2.45) is 11.8 Å². The second-order valence-corrected chi connectivity index (χ2v) is 8.37. The molecule has 0 N–H and O–H groups in total. The second-order valence-electron chi connectivity index (χ2n) is 8.37. The molecule has 2 aromatic rings. The van der Waals surface area contributed by atoms with Gasteiger partial charge in [-0.25, -0.2) is 4.39 Å². The molecular formula is C26H30F4NOU2-. The van der Waals surface area contributed by atoms with Crippen molar-refractivity contribution in [3.8, 4) is 0 Å². The molecule has 0 aromatic heterocycles. The van der Waals surface area contributed by atoms with Crippen LogP contribution in [-0.2, 0) is 11.0 Å². The van der Waals surface area contributed by atoms with Crippen LogP contribution in [-0.4, -0.2) is 23.9 Å². The Balaban J connectivity index is 0.000000644. The molecule has 0 spiro atoms. The molecule has 2 nitrogen and oxygen atoms in total. The molecule has 1 aliphatic heterocycles. The quantitative estimate of drug-likeness (QED) is 0.253. The van der Waals surface area contributed by atoms with Crippen molar-refractivity contribution < 1.29 is 84.6 Å². The first kappa shape index (κ1) is 33.6. The van der Waals surface area contributed by atoms with Crippen molar-refractivity contribution in [2.45, 2.75) is 39.8 Å². The first-order chi connectivity index (χ1) is 14.8. The predicted molar refractivity (Wildman–Crippen MR) is 119 cm³/mol. The minimum atomic E-state index is -4.25. The van der Waals surface area contributed by atoms with Gasteiger partial charge in [0.05, 0.1) is 0 Å². The van der Waals surface area contributed by atoms with E-state index in [1.807, 2.05) is 11.8 Å². The summed E-state index contributed by atoms with van der Waals surface area (Å²) in [7, 11) is 0. The van der Waals surface area contributed by atoms with Gasteiger partial charge in [-0.15, -0.1) is 17.4 Å². The molecule has 182 valence electrons. The number of likely N-dealkylation sites (tertiary alicyclic amines) is 1. The largest absolute Gasteiger partial charge is 2.00 e. The van der Waals surface area contributed by atoms with Crippen LogP contribution in [0.3, 0.4) is 0 Å². The van der Waals surface area contributed by atoms with Gasteiger partial charge in [0, 0.05) is 44.6 Å². The zero-order valence-corrected chi connectivity index (χ0v) is 28.3. The molecule has 1 heterocycles. The van der Waals surface area contributed by atoms with Crippen LogP contribution in [0.2, 0.25) is 0 Å². The maximum Gasteiger partial charge on any atom is 2.00 e. The summed E-state index contributed by atoms with van der Waals surface area (Å²) < 4.78 is 50.0. The van der Waals surface area contributed by atoms with E-state index in [4.69, 9.17) is 0 Å². The topological polar surface area (TPSA) is 20.3 Å².